The lowest BCUT2D eigenvalue weighted by Crippen LogP contribution is -1.61. The molecular weight excluding hydrogens is 79.0 g/mol. The largest absolute Gasteiger partial charge is 0.543 e. The highest BCUT2D eigenvalue weighted by Gasteiger charge is 1.52. The Bertz CT molecular complexity index is 11.1. The van der Waals surface area contributed by atoms with Gasteiger partial charge in [0.05, 0.1) is 0 Å². The normalized spacial score (nSPS) is 10.8. The first-order chi connectivity index (χ1) is 2.41. The molecule has 0 heterocycles. The van der Waals surface area contributed by atoms with Gasteiger partial charge in [0.15, 0.2) is 0 Å². The molecule has 0 nitrogen and oxygen atoms in total. The zero-order valence-electron chi connectivity index (χ0n) is 3.86. The topological polar surface area (TPSA) is 0 Å². The number of rotatable bonds is 2. The molecule has 0 bridgehead atoms. The summed E-state index contributed by atoms with van der Waals surface area (Å²) >= 11 is 0. The Labute approximate surface area is 35.7 Å². The van der Waals surface area contributed by atoms with Gasteiger partial charge < -0.3 is 8.58 Å². The van der Waals surface area contributed by atoms with E-state index < -0.39 is 0 Å². The molecule has 0 aliphatic carbocycles. The van der Waals surface area contributed by atoms with Gasteiger partial charge in [-0.25, -0.2) is 0 Å². The summed E-state index contributed by atoms with van der Waals surface area (Å²) in [6.07, 6.45) is 2.69. The van der Waals surface area contributed by atoms with Crippen LogP contribution in [-0.4, -0.2) is 12.8 Å². The molecule has 0 spiro atoms. The molecule has 0 fully saturated rings. The molecule has 0 aliphatic heterocycles. The molecule has 0 N–H and O–H groups in total. The average Bonchev–Trinajstić information content (AvgIpc) is 1.41. The molecule has 0 saturated heterocycles. The molecule has 0 aromatic rings. The second kappa shape index (κ2) is 4.43. The van der Waals surface area contributed by atoms with E-state index in [1.165, 1.54) is 21.2 Å². The van der Waals surface area contributed by atoms with E-state index >= 15 is 0 Å². The molecule has 0 rings (SSSR count). The van der Waals surface area contributed by atoms with Crippen molar-refractivity contribution in [3.8, 4) is 0 Å². The highest BCUT2D eigenvalue weighted by Crippen LogP contribution is 2.01. The van der Waals surface area contributed by atoms with Gasteiger partial charge >= 0.3 is 0 Å². The zero-order valence-corrected chi connectivity index (χ0v) is 4.76. The molecule has 0 amide bonds. The Kier molecular flexibility index (Phi) is 4.81. The third-order valence-corrected chi connectivity index (χ3v) is 1.34. The van der Waals surface area contributed by atoms with Crippen molar-refractivity contribution in [1.82, 2.24) is 0 Å². The van der Waals surface area contributed by atoms with Gasteiger partial charge in [0.25, 0.3) is 0 Å². The van der Waals surface area contributed by atoms with Gasteiger partial charge in [-0.2, -0.15) is 12.8 Å². The molecule has 0 unspecified atom stereocenters. The Hall–Kier alpha value is 0.430. The fourth-order valence-corrected chi connectivity index (χ4v) is 0.671. The maximum Gasteiger partial charge on any atom is -0.0677 e. The predicted octanol–water partition coefficient (Wildman–Crippen LogP) is 1.97. The third kappa shape index (κ3) is 4.43. The minimum Gasteiger partial charge on any atom is -0.543 e. The second-order valence-electron chi connectivity index (χ2n) is 1.04. The van der Waals surface area contributed by atoms with Crippen LogP contribution in [-0.2, 0) is 0 Å². The average molecular weight is 89.1 g/mol. The van der Waals surface area contributed by atoms with Gasteiger partial charge in [-0.3, -0.25) is 0 Å². The van der Waals surface area contributed by atoms with E-state index in [0.29, 0.717) is 0 Å². The van der Waals surface area contributed by atoms with Crippen molar-refractivity contribution in [2.75, 3.05) is 12.8 Å². The van der Waals surface area contributed by atoms with Crippen LogP contribution in [0.15, 0.2) is 0 Å². The maximum absolute atomic E-state index is 2.20. The van der Waals surface area contributed by atoms with Crippen LogP contribution in [0.25, 0.3) is 0 Å². The molecule has 0 aromatic heterocycles. The summed E-state index contributed by atoms with van der Waals surface area (Å²) in [6.45, 7) is 4.39. The van der Waals surface area contributed by atoms with Crippen LogP contribution in [0.1, 0.15) is 13.3 Å². The monoisotopic (exact) mass is 89.1 g/mol. The molecule has 32 valence electrons. The Balaban J connectivity index is 2.19. The van der Waals surface area contributed by atoms with Gasteiger partial charge in [-0.05, 0) is 0 Å². The summed E-state index contributed by atoms with van der Waals surface area (Å²) in [7, 11) is 1.53. The van der Waals surface area contributed by atoms with Crippen LogP contribution in [0.4, 0.5) is 0 Å². The summed E-state index contributed by atoms with van der Waals surface area (Å²) in [6, 6.07) is 0. The van der Waals surface area contributed by atoms with Gasteiger partial charge in [0, 0.05) is 0 Å². The van der Waals surface area contributed by atoms with E-state index in [1.807, 2.05) is 0 Å². The molecular formula is C4H10P-. The molecule has 5 heavy (non-hydrogen) atoms. The number of hydrogen-bond acceptors (Lipinski definition) is 0. The van der Waals surface area contributed by atoms with Gasteiger partial charge in [-0.15, -0.1) is 0 Å². The fourth-order valence-electron chi connectivity index (χ4n) is 0.224. The van der Waals surface area contributed by atoms with E-state index in [1.54, 1.807) is 0 Å². The van der Waals surface area contributed by atoms with Crippen LogP contribution in [0.2, 0.25) is 0 Å². The SMILES string of the molecule is CCC[P-]C. The lowest BCUT2D eigenvalue weighted by Gasteiger charge is -2.00. The Morgan fingerprint density at radius 3 is 2.20 bits per heavy atom. The molecule has 0 aromatic carbocycles. The van der Waals surface area contributed by atoms with Crippen molar-refractivity contribution < 1.29 is 0 Å². The van der Waals surface area contributed by atoms with Crippen LogP contribution in [0.3, 0.4) is 0 Å². The highest BCUT2D eigenvalue weighted by atomic mass is 31.1. The van der Waals surface area contributed by atoms with E-state index in [-0.39, 0.29) is 0 Å². The lowest BCUT2D eigenvalue weighted by atomic mass is 10.6. The predicted molar refractivity (Wildman–Crippen MR) is 28.0 cm³/mol. The molecule has 0 saturated carbocycles. The zero-order chi connectivity index (χ0) is 4.12. The van der Waals surface area contributed by atoms with Gasteiger partial charge in [0.1, 0.15) is 0 Å². The van der Waals surface area contributed by atoms with Gasteiger partial charge in [0.2, 0.25) is 0 Å². The lowest BCUT2D eigenvalue weighted by molar-refractivity contribution is 1.10. The molecule has 0 radical (unpaired) electrons. The van der Waals surface area contributed by atoms with E-state index in [4.69, 9.17) is 0 Å². The van der Waals surface area contributed by atoms with Crippen molar-refractivity contribution in [3.63, 3.8) is 0 Å². The summed E-state index contributed by atoms with van der Waals surface area (Å²) in [5.74, 6) is 0. The third-order valence-electron chi connectivity index (χ3n) is 0.447. The first-order valence-electron chi connectivity index (χ1n) is 1.97. The van der Waals surface area contributed by atoms with E-state index in [2.05, 4.69) is 13.6 Å². The van der Waals surface area contributed by atoms with Crippen molar-refractivity contribution >= 4 is 8.58 Å². The summed E-state index contributed by atoms with van der Waals surface area (Å²) in [5, 5.41) is 0. The first kappa shape index (κ1) is 5.43. The quantitative estimate of drug-likeness (QED) is 0.454. The van der Waals surface area contributed by atoms with Crippen molar-refractivity contribution in [2.45, 2.75) is 13.3 Å². The van der Waals surface area contributed by atoms with Crippen molar-refractivity contribution in [3.05, 3.63) is 0 Å². The van der Waals surface area contributed by atoms with E-state index in [0.717, 1.165) is 0 Å². The number of hydrogen-bond donors (Lipinski definition) is 0. The highest BCUT2D eigenvalue weighted by molar-refractivity contribution is 7.36. The Morgan fingerprint density at radius 1 is 1.60 bits per heavy atom. The van der Waals surface area contributed by atoms with Crippen molar-refractivity contribution in [1.29, 1.82) is 0 Å². The van der Waals surface area contributed by atoms with Crippen LogP contribution in [0.5, 0.6) is 0 Å². The standard InChI is InChI=1S/C4H10P/c1-3-4-5-2/h3-4H2,1-2H3/q-1. The molecule has 0 atom stereocenters. The first-order valence-corrected chi connectivity index (χ1v) is 3.50. The van der Waals surface area contributed by atoms with Crippen LogP contribution in [0, 0.1) is 0 Å². The van der Waals surface area contributed by atoms with Crippen molar-refractivity contribution in [2.24, 2.45) is 0 Å². The van der Waals surface area contributed by atoms with Crippen LogP contribution >= 0.6 is 8.58 Å². The summed E-state index contributed by atoms with van der Waals surface area (Å²) in [4.78, 5) is 0. The maximum atomic E-state index is 2.20. The second-order valence-corrected chi connectivity index (χ2v) is 2.12. The Morgan fingerprint density at radius 2 is 2.20 bits per heavy atom. The van der Waals surface area contributed by atoms with Crippen LogP contribution < -0.4 is 0 Å². The summed E-state index contributed by atoms with van der Waals surface area (Å²) < 4.78 is 0. The summed E-state index contributed by atoms with van der Waals surface area (Å²) in [5.41, 5.74) is 0. The fraction of sp³-hybridized carbons (Fsp3) is 1.00. The minimum atomic E-state index is 1.33. The molecule has 0 aliphatic rings. The van der Waals surface area contributed by atoms with Gasteiger partial charge in [-0.1, -0.05) is 13.3 Å². The molecule has 1 heteroatoms. The smallest absolute Gasteiger partial charge is 0.0677 e. The van der Waals surface area contributed by atoms with E-state index in [9.17, 15) is 0 Å². The minimum absolute atomic E-state index is 1.33.